The summed E-state index contributed by atoms with van der Waals surface area (Å²) in [7, 11) is 0. The summed E-state index contributed by atoms with van der Waals surface area (Å²) in [5.41, 5.74) is 0. The van der Waals surface area contributed by atoms with E-state index in [0.29, 0.717) is 6.42 Å². The highest BCUT2D eigenvalue weighted by atomic mass is 16.2. The van der Waals surface area contributed by atoms with Gasteiger partial charge in [-0.2, -0.15) is 0 Å². The highest BCUT2D eigenvalue weighted by molar-refractivity contribution is 5.80. The van der Waals surface area contributed by atoms with Gasteiger partial charge in [0.2, 0.25) is 11.8 Å². The van der Waals surface area contributed by atoms with E-state index in [-0.39, 0.29) is 17.7 Å². The second-order valence-electron chi connectivity index (χ2n) is 4.92. The fourth-order valence-corrected chi connectivity index (χ4v) is 2.54. The molecule has 4 nitrogen and oxygen atoms in total. The standard InChI is InChI=1S/C14H26N2O2/c1-4-7-13(17)16-10-8-12(9-11-16)14(18)15(5-2)6-3/h12H,4-11H2,1-3H3. The van der Waals surface area contributed by atoms with Crippen LogP contribution in [0.5, 0.6) is 0 Å². The van der Waals surface area contributed by atoms with Crippen LogP contribution in [0.4, 0.5) is 0 Å². The van der Waals surface area contributed by atoms with Crippen LogP contribution >= 0.6 is 0 Å². The number of rotatable bonds is 5. The summed E-state index contributed by atoms with van der Waals surface area (Å²) in [5, 5.41) is 0. The van der Waals surface area contributed by atoms with E-state index < -0.39 is 0 Å². The largest absolute Gasteiger partial charge is 0.343 e. The molecule has 0 spiro atoms. The Morgan fingerprint density at radius 3 is 2.11 bits per heavy atom. The van der Waals surface area contributed by atoms with Gasteiger partial charge in [-0.3, -0.25) is 9.59 Å². The van der Waals surface area contributed by atoms with Crippen LogP contribution in [-0.2, 0) is 9.59 Å². The van der Waals surface area contributed by atoms with Crippen molar-refractivity contribution in [2.24, 2.45) is 5.92 Å². The summed E-state index contributed by atoms with van der Waals surface area (Å²) in [6.07, 6.45) is 3.18. The van der Waals surface area contributed by atoms with Crippen molar-refractivity contribution in [3.05, 3.63) is 0 Å². The van der Waals surface area contributed by atoms with Crippen LogP contribution in [0.3, 0.4) is 0 Å². The molecule has 2 amide bonds. The number of piperidine rings is 1. The van der Waals surface area contributed by atoms with Crippen LogP contribution in [0.2, 0.25) is 0 Å². The first-order valence-corrected chi connectivity index (χ1v) is 7.20. The van der Waals surface area contributed by atoms with Gasteiger partial charge in [-0.1, -0.05) is 6.92 Å². The molecule has 0 aromatic carbocycles. The van der Waals surface area contributed by atoms with E-state index in [2.05, 4.69) is 0 Å². The van der Waals surface area contributed by atoms with E-state index in [0.717, 1.165) is 45.4 Å². The topological polar surface area (TPSA) is 40.6 Å². The fraction of sp³-hybridized carbons (Fsp3) is 0.857. The van der Waals surface area contributed by atoms with E-state index in [1.807, 2.05) is 30.6 Å². The van der Waals surface area contributed by atoms with Gasteiger partial charge in [-0.05, 0) is 33.1 Å². The molecule has 1 aliphatic rings. The molecule has 0 atom stereocenters. The molecule has 0 unspecified atom stereocenters. The van der Waals surface area contributed by atoms with Gasteiger partial charge in [0.25, 0.3) is 0 Å². The highest BCUT2D eigenvalue weighted by Gasteiger charge is 2.28. The van der Waals surface area contributed by atoms with Crippen LogP contribution in [0.25, 0.3) is 0 Å². The zero-order chi connectivity index (χ0) is 13.5. The molecule has 104 valence electrons. The van der Waals surface area contributed by atoms with Gasteiger partial charge < -0.3 is 9.80 Å². The van der Waals surface area contributed by atoms with Gasteiger partial charge in [-0.25, -0.2) is 0 Å². The van der Waals surface area contributed by atoms with Crippen molar-refractivity contribution in [2.75, 3.05) is 26.2 Å². The Labute approximate surface area is 110 Å². The Hall–Kier alpha value is -1.06. The summed E-state index contributed by atoms with van der Waals surface area (Å²) in [4.78, 5) is 27.7. The lowest BCUT2D eigenvalue weighted by Gasteiger charge is -2.33. The summed E-state index contributed by atoms with van der Waals surface area (Å²) in [5.74, 6) is 0.629. The zero-order valence-corrected chi connectivity index (χ0v) is 11.9. The third-order valence-electron chi connectivity index (χ3n) is 3.74. The molecule has 4 heteroatoms. The van der Waals surface area contributed by atoms with Gasteiger partial charge in [0.05, 0.1) is 0 Å². The smallest absolute Gasteiger partial charge is 0.225 e. The lowest BCUT2D eigenvalue weighted by atomic mass is 9.95. The number of amides is 2. The molecule has 18 heavy (non-hydrogen) atoms. The third-order valence-corrected chi connectivity index (χ3v) is 3.74. The molecule has 1 rings (SSSR count). The van der Waals surface area contributed by atoms with E-state index >= 15 is 0 Å². The summed E-state index contributed by atoms with van der Waals surface area (Å²) in [6, 6.07) is 0. The minimum atomic E-state index is 0.121. The lowest BCUT2D eigenvalue weighted by Crippen LogP contribution is -2.44. The molecule has 0 aromatic rings. The van der Waals surface area contributed by atoms with Gasteiger partial charge >= 0.3 is 0 Å². The molecule has 1 heterocycles. The van der Waals surface area contributed by atoms with Gasteiger partial charge in [0, 0.05) is 38.5 Å². The van der Waals surface area contributed by atoms with Crippen LogP contribution in [-0.4, -0.2) is 47.8 Å². The Kier molecular flexibility index (Phi) is 6.16. The second kappa shape index (κ2) is 7.39. The number of carbonyl (C=O) groups excluding carboxylic acids is 2. The Morgan fingerprint density at radius 1 is 1.11 bits per heavy atom. The van der Waals surface area contributed by atoms with Gasteiger partial charge in [-0.15, -0.1) is 0 Å². The predicted octanol–water partition coefficient (Wildman–Crippen LogP) is 1.89. The Morgan fingerprint density at radius 2 is 1.67 bits per heavy atom. The fourth-order valence-electron chi connectivity index (χ4n) is 2.54. The van der Waals surface area contributed by atoms with E-state index in [4.69, 9.17) is 0 Å². The first kappa shape index (κ1) is 15.0. The van der Waals surface area contributed by atoms with Crippen LogP contribution in [0.15, 0.2) is 0 Å². The maximum atomic E-state index is 12.2. The SMILES string of the molecule is CCCC(=O)N1CCC(C(=O)N(CC)CC)CC1. The first-order valence-electron chi connectivity index (χ1n) is 7.20. The molecule has 1 aliphatic heterocycles. The van der Waals surface area contributed by atoms with Crippen molar-refractivity contribution >= 4 is 11.8 Å². The number of hydrogen-bond acceptors (Lipinski definition) is 2. The molecular formula is C14H26N2O2. The Balaban J connectivity index is 2.43. The number of carbonyl (C=O) groups is 2. The summed E-state index contributed by atoms with van der Waals surface area (Å²) in [6.45, 7) is 9.11. The molecule has 1 fully saturated rings. The average molecular weight is 254 g/mol. The van der Waals surface area contributed by atoms with Crippen LogP contribution < -0.4 is 0 Å². The molecule has 0 radical (unpaired) electrons. The van der Waals surface area contributed by atoms with Crippen molar-refractivity contribution in [2.45, 2.75) is 46.5 Å². The van der Waals surface area contributed by atoms with Crippen molar-refractivity contribution in [1.29, 1.82) is 0 Å². The van der Waals surface area contributed by atoms with Crippen molar-refractivity contribution in [3.63, 3.8) is 0 Å². The van der Waals surface area contributed by atoms with E-state index in [9.17, 15) is 9.59 Å². The number of hydrogen-bond donors (Lipinski definition) is 0. The maximum absolute atomic E-state index is 12.2. The van der Waals surface area contributed by atoms with Crippen molar-refractivity contribution in [3.8, 4) is 0 Å². The zero-order valence-electron chi connectivity index (χ0n) is 11.9. The molecule has 0 aromatic heterocycles. The summed E-state index contributed by atoms with van der Waals surface area (Å²) < 4.78 is 0. The average Bonchev–Trinajstić information content (AvgIpc) is 2.40. The van der Waals surface area contributed by atoms with E-state index in [1.54, 1.807) is 0 Å². The normalized spacial score (nSPS) is 16.7. The van der Waals surface area contributed by atoms with Crippen molar-refractivity contribution in [1.82, 2.24) is 9.80 Å². The molecule has 0 N–H and O–H groups in total. The van der Waals surface area contributed by atoms with Crippen molar-refractivity contribution < 1.29 is 9.59 Å². The van der Waals surface area contributed by atoms with E-state index in [1.165, 1.54) is 0 Å². The molecular weight excluding hydrogens is 228 g/mol. The predicted molar refractivity (Wildman–Crippen MR) is 72.1 cm³/mol. The molecule has 1 saturated heterocycles. The second-order valence-corrected chi connectivity index (χ2v) is 4.92. The molecule has 0 saturated carbocycles. The minimum Gasteiger partial charge on any atom is -0.343 e. The monoisotopic (exact) mass is 254 g/mol. The van der Waals surface area contributed by atoms with Crippen LogP contribution in [0.1, 0.15) is 46.5 Å². The highest BCUT2D eigenvalue weighted by Crippen LogP contribution is 2.20. The van der Waals surface area contributed by atoms with Crippen LogP contribution in [0, 0.1) is 5.92 Å². The quantitative estimate of drug-likeness (QED) is 0.752. The number of likely N-dealkylation sites (tertiary alicyclic amines) is 1. The van der Waals surface area contributed by atoms with Gasteiger partial charge in [0.15, 0.2) is 0 Å². The molecule has 0 bridgehead atoms. The van der Waals surface area contributed by atoms with Gasteiger partial charge in [0.1, 0.15) is 0 Å². The number of nitrogens with zero attached hydrogens (tertiary/aromatic N) is 2. The lowest BCUT2D eigenvalue weighted by molar-refractivity contribution is -0.140. The maximum Gasteiger partial charge on any atom is 0.225 e. The summed E-state index contributed by atoms with van der Waals surface area (Å²) >= 11 is 0. The Bertz CT molecular complexity index is 280. The molecule has 0 aliphatic carbocycles. The third kappa shape index (κ3) is 3.72. The first-order chi connectivity index (χ1) is 8.63. The minimum absolute atomic E-state index is 0.121.